The summed E-state index contributed by atoms with van der Waals surface area (Å²) in [6.07, 6.45) is 2.05. The maximum absolute atomic E-state index is 13.2. The monoisotopic (exact) mass is 478 g/mol. The van der Waals surface area contributed by atoms with E-state index in [2.05, 4.69) is 29.1 Å². The molecule has 35 heavy (non-hydrogen) atoms. The van der Waals surface area contributed by atoms with E-state index in [0.29, 0.717) is 55.7 Å². The van der Waals surface area contributed by atoms with Gasteiger partial charge in [0.2, 0.25) is 17.8 Å². The van der Waals surface area contributed by atoms with Crippen LogP contribution in [-0.2, 0) is 9.59 Å². The van der Waals surface area contributed by atoms with Gasteiger partial charge in [-0.05, 0) is 42.9 Å². The molecule has 0 aliphatic carbocycles. The fourth-order valence-electron chi connectivity index (χ4n) is 4.57. The lowest BCUT2D eigenvalue weighted by molar-refractivity contribution is -0.122. The molecule has 0 saturated carbocycles. The quantitative estimate of drug-likeness (QED) is 0.551. The number of fused-ring (bicyclic) bond motifs is 1. The zero-order valence-electron chi connectivity index (χ0n) is 19.9. The molecule has 0 bridgehead atoms. The van der Waals surface area contributed by atoms with Gasteiger partial charge in [-0.25, -0.2) is 0 Å². The van der Waals surface area contributed by atoms with Crippen molar-refractivity contribution in [3.8, 4) is 11.8 Å². The second-order valence-electron chi connectivity index (χ2n) is 9.49. The number of nitriles is 1. The van der Waals surface area contributed by atoms with Gasteiger partial charge in [0.15, 0.2) is 0 Å². The lowest BCUT2D eigenvalue weighted by Gasteiger charge is -2.33. The zero-order chi connectivity index (χ0) is 25.1. The van der Waals surface area contributed by atoms with Crippen molar-refractivity contribution in [3.05, 3.63) is 45.7 Å². The van der Waals surface area contributed by atoms with Gasteiger partial charge in [0.05, 0.1) is 18.2 Å². The first-order valence-corrected chi connectivity index (χ1v) is 11.9. The van der Waals surface area contributed by atoms with Crippen molar-refractivity contribution in [1.82, 2.24) is 9.97 Å². The highest BCUT2D eigenvalue weighted by Crippen LogP contribution is 2.38. The third-order valence-corrected chi connectivity index (χ3v) is 6.65. The van der Waals surface area contributed by atoms with Crippen molar-refractivity contribution in [2.24, 2.45) is 23.5 Å². The number of rotatable bonds is 7. The summed E-state index contributed by atoms with van der Waals surface area (Å²) in [4.78, 5) is 46.7. The van der Waals surface area contributed by atoms with E-state index in [1.807, 2.05) is 11.0 Å². The normalized spacial score (nSPS) is 20.2. The van der Waals surface area contributed by atoms with Crippen molar-refractivity contribution in [2.45, 2.75) is 39.0 Å². The summed E-state index contributed by atoms with van der Waals surface area (Å²) in [6, 6.07) is 9.18. The minimum absolute atomic E-state index is 0.152. The molecule has 2 unspecified atom stereocenters. The highest BCUT2D eigenvalue weighted by molar-refractivity contribution is 5.98. The minimum Gasteiger partial charge on any atom is -0.494 e. The zero-order valence-corrected chi connectivity index (χ0v) is 19.9. The van der Waals surface area contributed by atoms with Gasteiger partial charge in [-0.2, -0.15) is 10.2 Å². The largest absolute Gasteiger partial charge is 0.494 e. The first-order chi connectivity index (χ1) is 16.8. The molecule has 2 atom stereocenters. The molecule has 0 spiro atoms. The molecule has 2 aliphatic heterocycles. The molecule has 4 N–H and O–H groups in total. The van der Waals surface area contributed by atoms with E-state index in [4.69, 9.17) is 10.5 Å². The lowest BCUT2D eigenvalue weighted by atomic mass is 9.79. The van der Waals surface area contributed by atoms with Gasteiger partial charge in [0.1, 0.15) is 17.5 Å². The molecule has 1 saturated heterocycles. The van der Waals surface area contributed by atoms with Crippen LogP contribution in [0.25, 0.3) is 0 Å². The van der Waals surface area contributed by atoms with Crippen LogP contribution >= 0.6 is 0 Å². The first kappa shape index (κ1) is 24.3. The van der Waals surface area contributed by atoms with Crippen molar-refractivity contribution in [3.63, 3.8) is 0 Å². The Morgan fingerprint density at radius 1 is 1.26 bits per heavy atom. The van der Waals surface area contributed by atoms with Crippen LogP contribution in [0.15, 0.2) is 29.1 Å². The number of aromatic nitrogens is 2. The van der Waals surface area contributed by atoms with E-state index in [9.17, 15) is 19.6 Å². The summed E-state index contributed by atoms with van der Waals surface area (Å²) in [6.45, 7) is 5.85. The Bertz CT molecular complexity index is 1190. The number of piperidine rings is 1. The molecule has 10 heteroatoms. The van der Waals surface area contributed by atoms with Crippen LogP contribution in [0.2, 0.25) is 0 Å². The molecule has 1 fully saturated rings. The molecule has 1 aromatic carbocycles. The maximum Gasteiger partial charge on any atom is 0.258 e. The molecule has 1 aromatic heterocycles. The molecule has 2 aromatic rings. The predicted octanol–water partition coefficient (Wildman–Crippen LogP) is 2.12. The second kappa shape index (κ2) is 10.2. The molecule has 0 radical (unpaired) electrons. The van der Waals surface area contributed by atoms with Crippen molar-refractivity contribution in [2.75, 3.05) is 29.9 Å². The first-order valence-electron chi connectivity index (χ1n) is 11.9. The number of aromatic amines is 1. The topological polar surface area (TPSA) is 154 Å². The number of nitrogens with one attached hydrogen (secondary N) is 2. The van der Waals surface area contributed by atoms with E-state index in [0.717, 1.165) is 6.42 Å². The Morgan fingerprint density at radius 3 is 2.54 bits per heavy atom. The Labute approximate surface area is 203 Å². The highest BCUT2D eigenvalue weighted by Gasteiger charge is 2.40. The Morgan fingerprint density at radius 2 is 1.94 bits per heavy atom. The molecule has 2 aliphatic rings. The highest BCUT2D eigenvalue weighted by atomic mass is 16.5. The van der Waals surface area contributed by atoms with Crippen LogP contribution < -0.4 is 26.2 Å². The fourth-order valence-corrected chi connectivity index (χ4v) is 4.57. The van der Waals surface area contributed by atoms with Gasteiger partial charge in [0, 0.05) is 24.9 Å². The molecular weight excluding hydrogens is 448 g/mol. The average Bonchev–Trinajstić information content (AvgIpc) is 2.83. The number of hydrogen-bond acceptors (Lipinski definition) is 7. The van der Waals surface area contributed by atoms with Crippen LogP contribution in [-0.4, -0.2) is 41.5 Å². The number of H-pyrrole nitrogens is 1. The van der Waals surface area contributed by atoms with Gasteiger partial charge >= 0.3 is 0 Å². The molecule has 4 rings (SSSR count). The van der Waals surface area contributed by atoms with Crippen molar-refractivity contribution < 1.29 is 14.3 Å². The van der Waals surface area contributed by atoms with Crippen LogP contribution in [0.5, 0.6) is 5.75 Å². The van der Waals surface area contributed by atoms with Gasteiger partial charge in [0.25, 0.3) is 5.56 Å². The van der Waals surface area contributed by atoms with E-state index in [-0.39, 0.29) is 23.2 Å². The number of amides is 2. The summed E-state index contributed by atoms with van der Waals surface area (Å²) in [5.74, 6) is -1.18. The number of benzene rings is 1. The summed E-state index contributed by atoms with van der Waals surface area (Å²) in [7, 11) is 0. The van der Waals surface area contributed by atoms with Crippen LogP contribution in [0.3, 0.4) is 0 Å². The fraction of sp³-hybridized carbons (Fsp3) is 0.480. The van der Waals surface area contributed by atoms with Gasteiger partial charge in [-0.15, -0.1) is 0 Å². The maximum atomic E-state index is 13.2. The van der Waals surface area contributed by atoms with E-state index >= 15 is 0 Å². The summed E-state index contributed by atoms with van der Waals surface area (Å²) in [5.41, 5.74) is 5.91. The number of ether oxygens (including phenoxy) is 1. The van der Waals surface area contributed by atoms with Gasteiger partial charge in [-0.3, -0.25) is 19.4 Å². The van der Waals surface area contributed by atoms with Crippen molar-refractivity contribution >= 4 is 23.6 Å². The van der Waals surface area contributed by atoms with Gasteiger partial charge < -0.3 is 20.7 Å². The Hall–Kier alpha value is -3.87. The summed E-state index contributed by atoms with van der Waals surface area (Å²) < 4.78 is 5.77. The third-order valence-electron chi connectivity index (χ3n) is 6.65. The molecular formula is C25H30N6O4. The molecule has 184 valence electrons. The SMILES string of the molecule is CC(C)CCOc1ccc(C2c3c(nc(N4CCC(C(N)=O)CC4)[nH]c3=O)NC(=O)C2C#N)cc1. The predicted molar refractivity (Wildman–Crippen MR) is 130 cm³/mol. The smallest absolute Gasteiger partial charge is 0.258 e. The van der Waals surface area contributed by atoms with E-state index in [1.165, 1.54) is 0 Å². The summed E-state index contributed by atoms with van der Waals surface area (Å²) in [5, 5.41) is 12.4. The van der Waals surface area contributed by atoms with Crippen LogP contribution in [0.1, 0.15) is 50.2 Å². The molecule has 3 heterocycles. The number of carbonyl (C=O) groups is 2. The summed E-state index contributed by atoms with van der Waals surface area (Å²) >= 11 is 0. The molecule has 2 amide bonds. The Kier molecular flexibility index (Phi) is 7.05. The van der Waals surface area contributed by atoms with E-state index < -0.39 is 23.3 Å². The van der Waals surface area contributed by atoms with E-state index in [1.54, 1.807) is 24.3 Å². The Balaban J connectivity index is 1.62. The minimum atomic E-state index is -1.07. The number of anilines is 2. The standard InChI is InChI=1S/C25H30N6O4/c1-14(2)9-12-35-17-5-3-15(4-6-17)19-18(13-26)23(33)28-22-20(19)24(34)30-25(29-22)31-10-7-16(8-11-31)21(27)32/h3-6,14,16,18-19H,7-12H2,1-2H3,(H2,27,32)(H2,28,29,30,33,34). The number of nitrogens with zero attached hydrogens (tertiary/aromatic N) is 3. The molecule has 10 nitrogen and oxygen atoms in total. The number of carbonyl (C=O) groups excluding carboxylic acids is 2. The number of hydrogen-bond donors (Lipinski definition) is 3. The number of nitrogens with two attached hydrogens (primary N) is 1. The van der Waals surface area contributed by atoms with Crippen molar-refractivity contribution in [1.29, 1.82) is 5.26 Å². The lowest BCUT2D eigenvalue weighted by Crippen LogP contribution is -2.42. The third kappa shape index (κ3) is 5.14. The number of primary amides is 1. The van der Waals surface area contributed by atoms with Crippen LogP contribution in [0, 0.1) is 29.1 Å². The van der Waals surface area contributed by atoms with Gasteiger partial charge in [-0.1, -0.05) is 26.0 Å². The average molecular weight is 479 g/mol. The second-order valence-corrected chi connectivity index (χ2v) is 9.49. The van der Waals surface area contributed by atoms with Crippen LogP contribution in [0.4, 0.5) is 11.8 Å².